The minimum absolute atomic E-state index is 0.0622. The molecule has 32 heavy (non-hydrogen) atoms. The summed E-state index contributed by atoms with van der Waals surface area (Å²) in [6.07, 6.45) is 0.821. The summed E-state index contributed by atoms with van der Waals surface area (Å²) in [7, 11) is 0. The summed E-state index contributed by atoms with van der Waals surface area (Å²) in [4.78, 5) is 13.4. The molecule has 0 radical (unpaired) electrons. The highest BCUT2D eigenvalue weighted by molar-refractivity contribution is 5.87. The molecule has 4 aromatic rings. The maximum absolute atomic E-state index is 13.4. The maximum atomic E-state index is 13.4. The summed E-state index contributed by atoms with van der Waals surface area (Å²) >= 11 is 0. The lowest BCUT2D eigenvalue weighted by atomic mass is 10.0. The van der Waals surface area contributed by atoms with E-state index in [1.165, 1.54) is 0 Å². The summed E-state index contributed by atoms with van der Waals surface area (Å²) in [5.41, 5.74) is 3.35. The second-order valence-electron chi connectivity index (χ2n) is 7.63. The molecule has 0 bridgehead atoms. The number of phenols is 1. The van der Waals surface area contributed by atoms with Gasteiger partial charge in [0.2, 0.25) is 11.2 Å². The second kappa shape index (κ2) is 9.18. The summed E-state index contributed by atoms with van der Waals surface area (Å²) in [5.74, 6) is 0.997. The molecule has 0 fully saturated rings. The van der Waals surface area contributed by atoms with E-state index < -0.39 is 5.43 Å². The topological polar surface area (TPSA) is 68.9 Å². The van der Waals surface area contributed by atoms with Crippen molar-refractivity contribution >= 4 is 11.0 Å². The van der Waals surface area contributed by atoms with Crippen molar-refractivity contribution in [1.29, 1.82) is 0 Å². The zero-order chi connectivity index (χ0) is 22.7. The fourth-order valence-electron chi connectivity index (χ4n) is 3.74. The summed E-state index contributed by atoms with van der Waals surface area (Å²) < 4.78 is 18.0. The Labute approximate surface area is 186 Å². The van der Waals surface area contributed by atoms with E-state index in [0.717, 1.165) is 28.9 Å². The number of ether oxygens (including phenoxy) is 2. The van der Waals surface area contributed by atoms with E-state index in [0.29, 0.717) is 23.5 Å². The van der Waals surface area contributed by atoms with E-state index in [-0.39, 0.29) is 23.5 Å². The van der Waals surface area contributed by atoms with Crippen LogP contribution in [0.2, 0.25) is 0 Å². The van der Waals surface area contributed by atoms with Gasteiger partial charge in [0.25, 0.3) is 0 Å². The van der Waals surface area contributed by atoms with Gasteiger partial charge in [-0.15, -0.1) is 0 Å². The minimum Gasteiger partial charge on any atom is -0.507 e. The quantitative estimate of drug-likeness (QED) is 0.389. The van der Waals surface area contributed by atoms with E-state index in [9.17, 15) is 9.90 Å². The molecule has 0 unspecified atom stereocenters. The van der Waals surface area contributed by atoms with Gasteiger partial charge in [-0.1, -0.05) is 49.4 Å². The molecule has 0 aliphatic rings. The zero-order valence-corrected chi connectivity index (χ0v) is 18.5. The highest BCUT2D eigenvalue weighted by Gasteiger charge is 2.21. The largest absolute Gasteiger partial charge is 0.507 e. The van der Waals surface area contributed by atoms with Crippen LogP contribution in [0.25, 0.3) is 22.3 Å². The molecule has 5 heteroatoms. The first-order valence-electron chi connectivity index (χ1n) is 10.7. The van der Waals surface area contributed by atoms with Crippen molar-refractivity contribution in [2.45, 2.75) is 33.8 Å². The second-order valence-corrected chi connectivity index (χ2v) is 7.63. The Kier molecular flexibility index (Phi) is 6.17. The number of fused-ring (bicyclic) bond motifs is 1. The van der Waals surface area contributed by atoms with Gasteiger partial charge in [-0.05, 0) is 55.2 Å². The van der Waals surface area contributed by atoms with Gasteiger partial charge in [-0.3, -0.25) is 4.79 Å². The average molecular weight is 431 g/mol. The lowest BCUT2D eigenvalue weighted by Gasteiger charge is -2.15. The van der Waals surface area contributed by atoms with Gasteiger partial charge >= 0.3 is 0 Å². The Morgan fingerprint density at radius 2 is 1.75 bits per heavy atom. The summed E-state index contributed by atoms with van der Waals surface area (Å²) in [5, 5.41) is 10.6. The first kappa shape index (κ1) is 21.5. The van der Waals surface area contributed by atoms with Gasteiger partial charge in [-0.25, -0.2) is 0 Å². The van der Waals surface area contributed by atoms with Crippen LogP contribution < -0.4 is 14.9 Å². The standard InChI is InChI=1S/C27H26O5/c1-4-19-11-12-20(15-22(19)30-5-2)26-27(31-16-18-9-7-6-8-10-18)25(29)24-21(28)13-17(3)14-23(24)32-26/h6-15,28H,4-5,16H2,1-3H3. The van der Waals surface area contributed by atoms with Crippen LogP contribution in [0.5, 0.6) is 17.2 Å². The first-order chi connectivity index (χ1) is 15.5. The molecule has 164 valence electrons. The van der Waals surface area contributed by atoms with Crippen molar-refractivity contribution in [2.24, 2.45) is 0 Å². The minimum atomic E-state index is -0.410. The van der Waals surface area contributed by atoms with E-state index in [1.54, 1.807) is 12.1 Å². The molecule has 3 aromatic carbocycles. The lowest BCUT2D eigenvalue weighted by Crippen LogP contribution is -2.11. The number of benzene rings is 3. The van der Waals surface area contributed by atoms with Crippen LogP contribution in [0.4, 0.5) is 0 Å². The molecule has 4 rings (SSSR count). The maximum Gasteiger partial charge on any atom is 0.239 e. The Hall–Kier alpha value is -3.73. The first-order valence-corrected chi connectivity index (χ1v) is 10.7. The van der Waals surface area contributed by atoms with Crippen molar-refractivity contribution in [1.82, 2.24) is 0 Å². The number of hydrogen-bond donors (Lipinski definition) is 1. The average Bonchev–Trinajstić information content (AvgIpc) is 2.78. The van der Waals surface area contributed by atoms with Gasteiger partial charge in [0.05, 0.1) is 6.61 Å². The van der Waals surface area contributed by atoms with E-state index in [2.05, 4.69) is 6.92 Å². The van der Waals surface area contributed by atoms with Gasteiger partial charge in [0.15, 0.2) is 5.76 Å². The normalized spacial score (nSPS) is 11.0. The van der Waals surface area contributed by atoms with Gasteiger partial charge in [0.1, 0.15) is 29.1 Å². The van der Waals surface area contributed by atoms with Crippen LogP contribution in [0.15, 0.2) is 69.9 Å². The molecule has 0 spiro atoms. The van der Waals surface area contributed by atoms with Gasteiger partial charge in [-0.2, -0.15) is 0 Å². The van der Waals surface area contributed by atoms with Crippen molar-refractivity contribution in [3.8, 4) is 28.6 Å². The SMILES string of the molecule is CCOc1cc(-c2oc3cc(C)cc(O)c3c(=O)c2OCc2ccccc2)ccc1CC. The van der Waals surface area contributed by atoms with Gasteiger partial charge < -0.3 is 19.0 Å². The predicted molar refractivity (Wildman–Crippen MR) is 126 cm³/mol. The van der Waals surface area contributed by atoms with Crippen LogP contribution in [0.3, 0.4) is 0 Å². The Morgan fingerprint density at radius 3 is 2.47 bits per heavy atom. The van der Waals surface area contributed by atoms with Crippen LogP contribution in [-0.4, -0.2) is 11.7 Å². The zero-order valence-electron chi connectivity index (χ0n) is 18.5. The van der Waals surface area contributed by atoms with Crippen LogP contribution >= 0.6 is 0 Å². The number of hydrogen-bond acceptors (Lipinski definition) is 5. The molecule has 1 aromatic heterocycles. The Morgan fingerprint density at radius 1 is 0.969 bits per heavy atom. The molecule has 5 nitrogen and oxygen atoms in total. The molecule has 0 atom stereocenters. The number of phenolic OH excluding ortho intramolecular Hbond substituents is 1. The third-order valence-corrected chi connectivity index (χ3v) is 5.31. The molecule has 0 saturated heterocycles. The molecule has 0 saturated carbocycles. The third-order valence-electron chi connectivity index (χ3n) is 5.31. The molecule has 0 amide bonds. The molecular weight excluding hydrogens is 404 g/mol. The predicted octanol–water partition coefficient (Wildman–Crippen LogP) is 6.01. The molecule has 1 heterocycles. The van der Waals surface area contributed by atoms with Crippen molar-refractivity contribution < 1.29 is 19.0 Å². The fourth-order valence-corrected chi connectivity index (χ4v) is 3.74. The third kappa shape index (κ3) is 4.19. The summed E-state index contributed by atoms with van der Waals surface area (Å²) in [6.45, 7) is 6.56. The van der Waals surface area contributed by atoms with Crippen LogP contribution in [0.1, 0.15) is 30.5 Å². The summed E-state index contributed by atoms with van der Waals surface area (Å²) in [6, 6.07) is 18.6. The van der Waals surface area contributed by atoms with E-state index in [1.807, 2.05) is 62.4 Å². The highest BCUT2D eigenvalue weighted by Crippen LogP contribution is 2.36. The van der Waals surface area contributed by atoms with Crippen LogP contribution in [-0.2, 0) is 13.0 Å². The van der Waals surface area contributed by atoms with E-state index >= 15 is 0 Å². The molecule has 0 aliphatic carbocycles. The Balaban J connectivity index is 1.91. The number of rotatable bonds is 7. The smallest absolute Gasteiger partial charge is 0.239 e. The van der Waals surface area contributed by atoms with Crippen molar-refractivity contribution in [2.75, 3.05) is 6.61 Å². The molecule has 1 N–H and O–H groups in total. The Bertz CT molecular complexity index is 1310. The highest BCUT2D eigenvalue weighted by atomic mass is 16.5. The van der Waals surface area contributed by atoms with Gasteiger partial charge in [0, 0.05) is 5.56 Å². The number of aryl methyl sites for hydroxylation is 2. The van der Waals surface area contributed by atoms with Crippen LogP contribution in [0, 0.1) is 6.92 Å². The van der Waals surface area contributed by atoms with Crippen molar-refractivity contribution in [3.63, 3.8) is 0 Å². The molecular formula is C27H26O5. The molecule has 0 aliphatic heterocycles. The van der Waals surface area contributed by atoms with Crippen molar-refractivity contribution in [3.05, 3.63) is 87.6 Å². The monoisotopic (exact) mass is 430 g/mol. The fraction of sp³-hybridized carbons (Fsp3) is 0.222. The lowest BCUT2D eigenvalue weighted by molar-refractivity contribution is 0.297. The number of aromatic hydroxyl groups is 1. The van der Waals surface area contributed by atoms with E-state index in [4.69, 9.17) is 13.9 Å².